The first kappa shape index (κ1) is 15.8. The van der Waals surface area contributed by atoms with Gasteiger partial charge in [0.25, 0.3) is 0 Å². The van der Waals surface area contributed by atoms with Crippen molar-refractivity contribution < 1.29 is 9.59 Å². The Hall–Kier alpha value is -2.62. The van der Waals surface area contributed by atoms with Crippen LogP contribution in [0.4, 0.5) is 11.4 Å². The van der Waals surface area contributed by atoms with Gasteiger partial charge in [-0.15, -0.1) is 0 Å². The molecule has 0 aromatic heterocycles. The molecular weight excluding hydrogens is 276 g/mol. The van der Waals surface area contributed by atoms with Crippen molar-refractivity contribution in [2.24, 2.45) is 0 Å². The fraction of sp³-hybridized carbons (Fsp3) is 0.222. The molecule has 0 aliphatic heterocycles. The Morgan fingerprint density at radius 3 is 2.14 bits per heavy atom. The molecule has 22 heavy (non-hydrogen) atoms. The Morgan fingerprint density at radius 1 is 0.909 bits per heavy atom. The lowest BCUT2D eigenvalue weighted by Gasteiger charge is -2.10. The summed E-state index contributed by atoms with van der Waals surface area (Å²) in [6, 6.07) is 13.1. The van der Waals surface area contributed by atoms with Crippen LogP contribution in [0.1, 0.15) is 23.6 Å². The van der Waals surface area contributed by atoms with Crippen LogP contribution in [0.5, 0.6) is 0 Å². The minimum absolute atomic E-state index is 0.626. The van der Waals surface area contributed by atoms with Crippen molar-refractivity contribution >= 4 is 23.2 Å². The molecule has 0 radical (unpaired) electrons. The molecule has 2 aromatic rings. The second kappa shape index (κ2) is 6.89. The molecule has 0 bridgehead atoms. The Labute approximate surface area is 130 Å². The lowest BCUT2D eigenvalue weighted by molar-refractivity contribution is -0.133. The van der Waals surface area contributed by atoms with E-state index in [1.807, 2.05) is 57.2 Å². The number of carbonyl (C=O) groups is 2. The highest BCUT2D eigenvalue weighted by molar-refractivity contribution is 6.43. The molecule has 4 nitrogen and oxygen atoms in total. The maximum absolute atomic E-state index is 12.0. The van der Waals surface area contributed by atoms with E-state index < -0.39 is 11.8 Å². The minimum Gasteiger partial charge on any atom is -0.318 e. The van der Waals surface area contributed by atoms with E-state index in [1.54, 1.807) is 6.07 Å². The monoisotopic (exact) mass is 296 g/mol. The quantitative estimate of drug-likeness (QED) is 0.852. The summed E-state index contributed by atoms with van der Waals surface area (Å²) in [5, 5.41) is 5.29. The number of rotatable bonds is 3. The van der Waals surface area contributed by atoms with Gasteiger partial charge >= 0.3 is 11.8 Å². The number of nitrogens with one attached hydrogen (secondary N) is 2. The number of hydrogen-bond acceptors (Lipinski definition) is 2. The van der Waals surface area contributed by atoms with Gasteiger partial charge in [-0.3, -0.25) is 9.59 Å². The number of anilines is 2. The van der Waals surface area contributed by atoms with Gasteiger partial charge in [0.15, 0.2) is 0 Å². The molecule has 2 amide bonds. The molecule has 0 saturated carbocycles. The molecule has 2 N–H and O–H groups in total. The molecule has 0 atom stereocenters. The molecule has 0 saturated heterocycles. The van der Waals surface area contributed by atoms with Crippen LogP contribution in [0.15, 0.2) is 42.5 Å². The van der Waals surface area contributed by atoms with Crippen molar-refractivity contribution in [3.8, 4) is 0 Å². The second-order valence-electron chi connectivity index (χ2n) is 5.30. The highest BCUT2D eigenvalue weighted by atomic mass is 16.2. The van der Waals surface area contributed by atoms with Crippen molar-refractivity contribution in [2.75, 3.05) is 10.6 Å². The Balaban J connectivity index is 2.07. The average Bonchev–Trinajstić information content (AvgIpc) is 2.46. The lowest BCUT2D eigenvalue weighted by Crippen LogP contribution is -2.29. The van der Waals surface area contributed by atoms with E-state index in [4.69, 9.17) is 0 Å². The van der Waals surface area contributed by atoms with Crippen LogP contribution in [0.3, 0.4) is 0 Å². The first-order chi connectivity index (χ1) is 10.5. The van der Waals surface area contributed by atoms with Crippen LogP contribution in [0.25, 0.3) is 0 Å². The zero-order valence-electron chi connectivity index (χ0n) is 13.1. The smallest absolute Gasteiger partial charge is 0.314 e. The van der Waals surface area contributed by atoms with Crippen LogP contribution in [-0.2, 0) is 16.0 Å². The molecule has 0 aliphatic carbocycles. The molecular formula is C18H20N2O2. The third kappa shape index (κ3) is 3.95. The lowest BCUT2D eigenvalue weighted by atomic mass is 10.1. The van der Waals surface area contributed by atoms with Crippen molar-refractivity contribution in [3.63, 3.8) is 0 Å². The van der Waals surface area contributed by atoms with Crippen molar-refractivity contribution in [2.45, 2.75) is 27.2 Å². The van der Waals surface area contributed by atoms with Gasteiger partial charge in [0.05, 0.1) is 0 Å². The molecule has 4 heteroatoms. The third-order valence-corrected chi connectivity index (χ3v) is 3.33. The fourth-order valence-corrected chi connectivity index (χ4v) is 2.36. The Bertz CT molecular complexity index is 688. The van der Waals surface area contributed by atoms with Crippen molar-refractivity contribution in [1.29, 1.82) is 0 Å². The zero-order valence-corrected chi connectivity index (χ0v) is 13.1. The molecule has 0 unspecified atom stereocenters. The highest BCUT2D eigenvalue weighted by Crippen LogP contribution is 2.16. The first-order valence-corrected chi connectivity index (χ1v) is 7.28. The van der Waals surface area contributed by atoms with Gasteiger partial charge in [-0.25, -0.2) is 0 Å². The fourth-order valence-electron chi connectivity index (χ4n) is 2.36. The molecule has 2 rings (SSSR count). The maximum Gasteiger partial charge on any atom is 0.314 e. The first-order valence-electron chi connectivity index (χ1n) is 7.28. The summed E-state index contributed by atoms with van der Waals surface area (Å²) in [5.74, 6) is -1.34. The standard InChI is InChI=1S/C18H20N2O2/c1-4-14-7-5-6-8-16(14)20-18(22)17(21)19-15-10-12(2)9-13(3)11-15/h5-11H,4H2,1-3H3,(H,19,21)(H,20,22). The SMILES string of the molecule is CCc1ccccc1NC(=O)C(=O)Nc1cc(C)cc(C)c1. The highest BCUT2D eigenvalue weighted by Gasteiger charge is 2.15. The van der Waals surface area contributed by atoms with Gasteiger partial charge < -0.3 is 10.6 Å². The Morgan fingerprint density at radius 2 is 1.50 bits per heavy atom. The van der Waals surface area contributed by atoms with Gasteiger partial charge in [0.1, 0.15) is 0 Å². The second-order valence-corrected chi connectivity index (χ2v) is 5.30. The van der Waals surface area contributed by atoms with Gasteiger partial charge in [-0.2, -0.15) is 0 Å². The summed E-state index contributed by atoms with van der Waals surface area (Å²) in [4.78, 5) is 24.0. The molecule has 0 fully saturated rings. The summed E-state index contributed by atoms with van der Waals surface area (Å²) < 4.78 is 0. The normalized spacial score (nSPS) is 10.1. The van der Waals surface area contributed by atoms with E-state index in [0.717, 1.165) is 23.1 Å². The van der Waals surface area contributed by atoms with Crippen LogP contribution < -0.4 is 10.6 Å². The number of hydrogen-bond donors (Lipinski definition) is 2. The van der Waals surface area contributed by atoms with Crippen LogP contribution in [0.2, 0.25) is 0 Å². The van der Waals surface area contributed by atoms with Gasteiger partial charge in [-0.1, -0.05) is 31.2 Å². The number of para-hydroxylation sites is 1. The predicted octanol–water partition coefficient (Wildman–Crippen LogP) is 3.44. The van der Waals surface area contributed by atoms with Gasteiger partial charge in [-0.05, 0) is 55.2 Å². The largest absolute Gasteiger partial charge is 0.318 e. The maximum atomic E-state index is 12.0. The molecule has 0 heterocycles. The Kier molecular flexibility index (Phi) is 4.94. The predicted molar refractivity (Wildman–Crippen MR) is 89.0 cm³/mol. The summed E-state index contributed by atoms with van der Waals surface area (Å²) in [7, 11) is 0. The zero-order chi connectivity index (χ0) is 16.1. The summed E-state index contributed by atoms with van der Waals surface area (Å²) in [6.45, 7) is 5.89. The summed E-state index contributed by atoms with van der Waals surface area (Å²) in [5.41, 5.74) is 4.36. The number of carbonyl (C=O) groups excluding carboxylic acids is 2. The molecule has 2 aromatic carbocycles. The summed E-state index contributed by atoms with van der Waals surface area (Å²) >= 11 is 0. The number of aryl methyl sites for hydroxylation is 3. The van der Waals surface area contributed by atoms with Crippen LogP contribution in [0, 0.1) is 13.8 Å². The van der Waals surface area contributed by atoms with Crippen LogP contribution >= 0.6 is 0 Å². The van der Waals surface area contributed by atoms with E-state index in [-0.39, 0.29) is 0 Å². The van der Waals surface area contributed by atoms with E-state index >= 15 is 0 Å². The number of amides is 2. The van der Waals surface area contributed by atoms with Gasteiger partial charge in [0, 0.05) is 11.4 Å². The van der Waals surface area contributed by atoms with Crippen molar-refractivity contribution in [1.82, 2.24) is 0 Å². The van der Waals surface area contributed by atoms with E-state index in [1.165, 1.54) is 0 Å². The van der Waals surface area contributed by atoms with Crippen LogP contribution in [-0.4, -0.2) is 11.8 Å². The van der Waals surface area contributed by atoms with Gasteiger partial charge in [0.2, 0.25) is 0 Å². The minimum atomic E-state index is -0.670. The van der Waals surface area contributed by atoms with Crippen molar-refractivity contribution in [3.05, 3.63) is 59.2 Å². The number of benzene rings is 2. The topological polar surface area (TPSA) is 58.2 Å². The van der Waals surface area contributed by atoms with E-state index in [0.29, 0.717) is 11.4 Å². The molecule has 0 aliphatic rings. The third-order valence-electron chi connectivity index (χ3n) is 3.33. The molecule has 0 spiro atoms. The van der Waals surface area contributed by atoms with E-state index in [9.17, 15) is 9.59 Å². The summed E-state index contributed by atoms with van der Waals surface area (Å²) in [6.07, 6.45) is 0.787. The average molecular weight is 296 g/mol. The van der Waals surface area contributed by atoms with E-state index in [2.05, 4.69) is 10.6 Å². The molecule has 114 valence electrons.